The Labute approximate surface area is 148 Å². The lowest BCUT2D eigenvalue weighted by Gasteiger charge is -2.06. The van der Waals surface area contributed by atoms with Crippen LogP contribution in [0.2, 0.25) is 0 Å². The van der Waals surface area contributed by atoms with Crippen molar-refractivity contribution in [3.63, 3.8) is 0 Å². The van der Waals surface area contributed by atoms with Crippen molar-refractivity contribution >= 4 is 27.8 Å². The van der Waals surface area contributed by atoms with E-state index in [4.69, 9.17) is 4.74 Å². The van der Waals surface area contributed by atoms with Crippen LogP contribution in [0, 0.1) is 6.92 Å². The molecule has 0 saturated carbocycles. The minimum absolute atomic E-state index is 0.218. The Morgan fingerprint density at radius 1 is 1.17 bits per heavy atom. The first-order chi connectivity index (χ1) is 11.6. The lowest BCUT2D eigenvalue weighted by molar-refractivity contribution is 0.155. The minimum atomic E-state index is -0.532. The summed E-state index contributed by atoms with van der Waals surface area (Å²) < 4.78 is 6.21. The third-order valence-electron chi connectivity index (χ3n) is 3.58. The number of carbonyl (C=O) groups excluding carboxylic acids is 1. The molecule has 1 aromatic heterocycles. The third-order valence-corrected chi connectivity index (χ3v) is 4.10. The van der Waals surface area contributed by atoms with Crippen molar-refractivity contribution in [2.45, 2.75) is 13.5 Å². The molecule has 2 aromatic carbocycles. The fraction of sp³-hybridized carbons (Fsp3) is 0.111. The standard InChI is InChI=1S/C18H16BrN3O2/c1-12-16(14-7-9-15(19)10-8-14)21-22-17(12)20-18(23)24-11-13-5-3-2-4-6-13/h2-10H,11H2,1H3,(H2,20,21,22,23). The summed E-state index contributed by atoms with van der Waals surface area (Å²) in [7, 11) is 0. The largest absolute Gasteiger partial charge is 0.444 e. The molecule has 24 heavy (non-hydrogen) atoms. The van der Waals surface area contributed by atoms with E-state index in [-0.39, 0.29) is 6.61 Å². The summed E-state index contributed by atoms with van der Waals surface area (Å²) in [6.07, 6.45) is -0.532. The highest BCUT2D eigenvalue weighted by atomic mass is 79.9. The molecule has 0 aliphatic heterocycles. The maximum absolute atomic E-state index is 11.9. The van der Waals surface area contributed by atoms with Gasteiger partial charge in [0.05, 0.1) is 5.69 Å². The smallest absolute Gasteiger partial charge is 0.413 e. The molecule has 6 heteroatoms. The lowest BCUT2D eigenvalue weighted by Crippen LogP contribution is -2.14. The van der Waals surface area contributed by atoms with Crippen molar-refractivity contribution in [2.75, 3.05) is 5.32 Å². The van der Waals surface area contributed by atoms with Gasteiger partial charge in [-0.05, 0) is 30.2 Å². The van der Waals surface area contributed by atoms with Crippen LogP contribution in [0.25, 0.3) is 11.3 Å². The zero-order chi connectivity index (χ0) is 16.9. The number of ether oxygens (including phenoxy) is 1. The number of hydrogen-bond acceptors (Lipinski definition) is 3. The van der Waals surface area contributed by atoms with Crippen LogP contribution in [0.1, 0.15) is 11.1 Å². The second kappa shape index (κ2) is 7.31. The highest BCUT2D eigenvalue weighted by Crippen LogP contribution is 2.27. The Kier molecular flexibility index (Phi) is 4.96. The number of benzene rings is 2. The van der Waals surface area contributed by atoms with E-state index in [0.29, 0.717) is 5.82 Å². The molecule has 0 fully saturated rings. The van der Waals surface area contributed by atoms with Gasteiger partial charge in [-0.25, -0.2) is 4.79 Å². The van der Waals surface area contributed by atoms with Crippen LogP contribution in [0.15, 0.2) is 59.1 Å². The lowest BCUT2D eigenvalue weighted by atomic mass is 10.1. The summed E-state index contributed by atoms with van der Waals surface area (Å²) in [5.74, 6) is 0.464. The zero-order valence-corrected chi connectivity index (χ0v) is 14.6. The molecule has 1 heterocycles. The number of nitrogens with one attached hydrogen (secondary N) is 2. The first-order valence-corrected chi connectivity index (χ1v) is 8.21. The molecule has 0 unspecified atom stereocenters. The number of aromatic nitrogens is 2. The van der Waals surface area contributed by atoms with Crippen LogP contribution in [0.4, 0.5) is 10.6 Å². The van der Waals surface area contributed by atoms with Gasteiger partial charge in [-0.1, -0.05) is 58.4 Å². The Hall–Kier alpha value is -2.60. The quantitative estimate of drug-likeness (QED) is 0.671. The predicted molar refractivity (Wildman–Crippen MR) is 96.7 cm³/mol. The molecule has 0 saturated heterocycles. The molecular weight excluding hydrogens is 370 g/mol. The number of carbonyl (C=O) groups is 1. The van der Waals surface area contributed by atoms with Crippen molar-refractivity contribution in [3.8, 4) is 11.3 Å². The van der Waals surface area contributed by atoms with Gasteiger partial charge in [-0.15, -0.1) is 0 Å². The van der Waals surface area contributed by atoms with Gasteiger partial charge < -0.3 is 4.74 Å². The Balaban J connectivity index is 1.65. The molecule has 0 aliphatic carbocycles. The summed E-state index contributed by atoms with van der Waals surface area (Å²) >= 11 is 3.41. The predicted octanol–water partition coefficient (Wildman–Crippen LogP) is 4.90. The van der Waals surface area contributed by atoms with Gasteiger partial charge in [0.1, 0.15) is 6.61 Å². The fourth-order valence-electron chi connectivity index (χ4n) is 2.27. The molecule has 0 aliphatic rings. The van der Waals surface area contributed by atoms with Gasteiger partial charge in [0.2, 0.25) is 0 Å². The highest BCUT2D eigenvalue weighted by Gasteiger charge is 2.13. The van der Waals surface area contributed by atoms with E-state index in [1.54, 1.807) is 0 Å². The zero-order valence-electron chi connectivity index (χ0n) is 13.0. The van der Waals surface area contributed by atoms with Gasteiger partial charge >= 0.3 is 6.09 Å². The summed E-state index contributed by atoms with van der Waals surface area (Å²) in [5.41, 5.74) is 3.64. The molecule has 3 rings (SSSR count). The maximum Gasteiger partial charge on any atom is 0.413 e. The third kappa shape index (κ3) is 3.83. The van der Waals surface area contributed by atoms with Crippen molar-refractivity contribution in [1.29, 1.82) is 0 Å². The van der Waals surface area contributed by atoms with Crippen LogP contribution in [0.3, 0.4) is 0 Å². The van der Waals surface area contributed by atoms with Gasteiger partial charge in [-0.3, -0.25) is 10.4 Å². The van der Waals surface area contributed by atoms with Crippen LogP contribution < -0.4 is 5.32 Å². The fourth-order valence-corrected chi connectivity index (χ4v) is 2.54. The molecule has 0 radical (unpaired) electrons. The van der Waals surface area contributed by atoms with E-state index in [2.05, 4.69) is 31.4 Å². The topological polar surface area (TPSA) is 67.0 Å². The van der Waals surface area contributed by atoms with E-state index in [0.717, 1.165) is 26.9 Å². The van der Waals surface area contributed by atoms with Crippen molar-refractivity contribution in [3.05, 3.63) is 70.2 Å². The first kappa shape index (κ1) is 16.3. The van der Waals surface area contributed by atoms with E-state index >= 15 is 0 Å². The normalized spacial score (nSPS) is 10.4. The van der Waals surface area contributed by atoms with E-state index in [1.807, 2.05) is 61.5 Å². The monoisotopic (exact) mass is 385 g/mol. The maximum atomic E-state index is 11.9. The van der Waals surface area contributed by atoms with Crippen molar-refractivity contribution < 1.29 is 9.53 Å². The molecule has 3 aromatic rings. The average molecular weight is 386 g/mol. The number of rotatable bonds is 4. The molecular formula is C18H16BrN3O2. The number of nitrogens with zero attached hydrogens (tertiary/aromatic N) is 1. The average Bonchev–Trinajstić information content (AvgIpc) is 2.95. The molecule has 2 N–H and O–H groups in total. The second-order valence-electron chi connectivity index (χ2n) is 5.27. The first-order valence-electron chi connectivity index (χ1n) is 7.42. The molecule has 0 spiro atoms. The van der Waals surface area contributed by atoms with Crippen molar-refractivity contribution in [1.82, 2.24) is 10.2 Å². The minimum Gasteiger partial charge on any atom is -0.444 e. The Morgan fingerprint density at radius 3 is 2.58 bits per heavy atom. The number of hydrogen-bond donors (Lipinski definition) is 2. The van der Waals surface area contributed by atoms with Crippen LogP contribution >= 0.6 is 15.9 Å². The summed E-state index contributed by atoms with van der Waals surface area (Å²) in [5, 5.41) is 9.78. The van der Waals surface area contributed by atoms with E-state index in [9.17, 15) is 4.79 Å². The number of halogens is 1. The SMILES string of the molecule is Cc1c(NC(=O)OCc2ccccc2)n[nH]c1-c1ccc(Br)cc1. The van der Waals surface area contributed by atoms with Crippen molar-refractivity contribution in [2.24, 2.45) is 0 Å². The Bertz CT molecular complexity index is 829. The molecule has 5 nitrogen and oxygen atoms in total. The number of H-pyrrole nitrogens is 1. The molecule has 0 bridgehead atoms. The summed E-state index contributed by atoms with van der Waals surface area (Å²) in [6, 6.07) is 17.4. The summed E-state index contributed by atoms with van der Waals surface area (Å²) in [4.78, 5) is 11.9. The number of aromatic amines is 1. The van der Waals surface area contributed by atoms with Gasteiger partial charge in [0.25, 0.3) is 0 Å². The van der Waals surface area contributed by atoms with Crippen LogP contribution in [-0.4, -0.2) is 16.3 Å². The highest BCUT2D eigenvalue weighted by molar-refractivity contribution is 9.10. The molecule has 1 amide bonds. The van der Waals surface area contributed by atoms with Crippen LogP contribution in [0.5, 0.6) is 0 Å². The van der Waals surface area contributed by atoms with E-state index < -0.39 is 6.09 Å². The number of amides is 1. The van der Waals surface area contributed by atoms with E-state index in [1.165, 1.54) is 0 Å². The Morgan fingerprint density at radius 2 is 1.88 bits per heavy atom. The van der Waals surface area contributed by atoms with Gasteiger partial charge in [-0.2, -0.15) is 5.10 Å². The molecule has 0 atom stereocenters. The number of anilines is 1. The molecule has 122 valence electrons. The van der Waals surface area contributed by atoms with Gasteiger partial charge in [0, 0.05) is 10.0 Å². The summed E-state index contributed by atoms with van der Waals surface area (Å²) in [6.45, 7) is 2.11. The van der Waals surface area contributed by atoms with Crippen LogP contribution in [-0.2, 0) is 11.3 Å². The van der Waals surface area contributed by atoms with Gasteiger partial charge in [0.15, 0.2) is 5.82 Å². The second-order valence-corrected chi connectivity index (χ2v) is 6.18.